The zero-order chi connectivity index (χ0) is 14.7. The molecule has 0 unspecified atom stereocenters. The van der Waals surface area contributed by atoms with Crippen LogP contribution in [0.1, 0.15) is 25.8 Å². The van der Waals surface area contributed by atoms with Crippen LogP contribution in [-0.4, -0.2) is 30.7 Å². The molecule has 0 bridgehead atoms. The minimum absolute atomic E-state index is 0.0453. The number of carbonyl (C=O) groups excluding carboxylic acids is 2. The lowest BCUT2D eigenvalue weighted by Crippen LogP contribution is -2.31. The van der Waals surface area contributed by atoms with E-state index in [9.17, 15) is 9.59 Å². The monoisotopic (exact) mass is 274 g/mol. The molecule has 0 aromatic heterocycles. The van der Waals surface area contributed by atoms with E-state index in [0.29, 0.717) is 11.3 Å². The number of esters is 1. The van der Waals surface area contributed by atoms with Crippen molar-refractivity contribution >= 4 is 23.3 Å². The van der Waals surface area contributed by atoms with E-state index in [1.54, 1.807) is 24.3 Å². The summed E-state index contributed by atoms with van der Waals surface area (Å²) >= 11 is 0. The van der Waals surface area contributed by atoms with Gasteiger partial charge in [0, 0.05) is 5.56 Å². The Balaban J connectivity index is 2.55. The molecule has 1 amide bonds. The average molecular weight is 274 g/mol. The molecule has 0 saturated carbocycles. The first kappa shape index (κ1) is 14.2. The van der Waals surface area contributed by atoms with E-state index in [0.717, 1.165) is 6.42 Å². The van der Waals surface area contributed by atoms with Crippen molar-refractivity contribution in [2.75, 3.05) is 12.4 Å². The number of benzene rings is 1. The Bertz CT molecular complexity index is 566. The first-order valence-corrected chi connectivity index (χ1v) is 6.64. The van der Waals surface area contributed by atoms with Gasteiger partial charge >= 0.3 is 5.97 Å². The van der Waals surface area contributed by atoms with Gasteiger partial charge in [0.2, 0.25) is 5.91 Å². The van der Waals surface area contributed by atoms with Gasteiger partial charge in [-0.25, -0.2) is 4.79 Å². The SMILES string of the molecule is CC[C@H](C)[C@@H]1N=C(C(=O)OC)c2ccccc2NC1=O. The molecule has 20 heavy (non-hydrogen) atoms. The molecule has 5 nitrogen and oxygen atoms in total. The van der Waals surface area contributed by atoms with Crippen molar-refractivity contribution in [3.63, 3.8) is 0 Å². The number of para-hydroxylation sites is 1. The van der Waals surface area contributed by atoms with Crippen molar-refractivity contribution in [2.45, 2.75) is 26.3 Å². The third-order valence-corrected chi connectivity index (χ3v) is 3.54. The van der Waals surface area contributed by atoms with E-state index in [2.05, 4.69) is 10.3 Å². The maximum absolute atomic E-state index is 12.3. The number of nitrogens with one attached hydrogen (secondary N) is 1. The number of methoxy groups -OCH3 is 1. The molecule has 2 atom stereocenters. The van der Waals surface area contributed by atoms with E-state index in [-0.39, 0.29) is 17.5 Å². The number of anilines is 1. The van der Waals surface area contributed by atoms with E-state index in [4.69, 9.17) is 4.74 Å². The normalized spacial score (nSPS) is 19.2. The lowest BCUT2D eigenvalue weighted by molar-refractivity contribution is -0.132. The van der Waals surface area contributed by atoms with Gasteiger partial charge in [0.25, 0.3) is 0 Å². The average Bonchev–Trinajstić information content (AvgIpc) is 2.62. The highest BCUT2D eigenvalue weighted by Gasteiger charge is 2.31. The van der Waals surface area contributed by atoms with E-state index in [1.807, 2.05) is 13.8 Å². The summed E-state index contributed by atoms with van der Waals surface area (Å²) < 4.78 is 4.79. The standard InChI is InChI=1S/C15H18N2O3/c1-4-9(2)12-14(18)16-11-8-6-5-7-10(11)13(17-12)15(19)20-3/h5-9,12H,4H2,1-3H3,(H,16,18)/t9-,12-/m0/s1. The number of fused-ring (bicyclic) bond motifs is 1. The molecule has 0 radical (unpaired) electrons. The summed E-state index contributed by atoms with van der Waals surface area (Å²) in [6.07, 6.45) is 0.798. The van der Waals surface area contributed by atoms with Crippen molar-refractivity contribution in [3.8, 4) is 0 Å². The van der Waals surface area contributed by atoms with Gasteiger partial charge in [0.05, 0.1) is 12.8 Å². The maximum atomic E-state index is 12.3. The van der Waals surface area contributed by atoms with Crippen LogP contribution in [-0.2, 0) is 14.3 Å². The Morgan fingerprint density at radius 1 is 1.45 bits per heavy atom. The fraction of sp³-hybridized carbons (Fsp3) is 0.400. The van der Waals surface area contributed by atoms with Crippen LogP contribution in [0.5, 0.6) is 0 Å². The Morgan fingerprint density at radius 2 is 2.15 bits per heavy atom. The van der Waals surface area contributed by atoms with Crippen LogP contribution in [0.3, 0.4) is 0 Å². The largest absolute Gasteiger partial charge is 0.464 e. The van der Waals surface area contributed by atoms with Crippen LogP contribution in [0.2, 0.25) is 0 Å². The lowest BCUT2D eigenvalue weighted by Gasteiger charge is -2.16. The highest BCUT2D eigenvalue weighted by molar-refractivity contribution is 6.45. The van der Waals surface area contributed by atoms with Gasteiger partial charge in [-0.15, -0.1) is 0 Å². The summed E-state index contributed by atoms with van der Waals surface area (Å²) in [6.45, 7) is 3.93. The smallest absolute Gasteiger partial charge is 0.356 e. The molecule has 1 aliphatic rings. The molecule has 0 aliphatic carbocycles. The van der Waals surface area contributed by atoms with Crippen LogP contribution in [0.15, 0.2) is 29.3 Å². The van der Waals surface area contributed by atoms with Crippen LogP contribution in [0.25, 0.3) is 0 Å². The second kappa shape index (κ2) is 5.86. The number of hydrogen-bond acceptors (Lipinski definition) is 4. The number of nitrogens with zero attached hydrogens (tertiary/aromatic N) is 1. The fourth-order valence-corrected chi connectivity index (χ4v) is 2.14. The van der Waals surface area contributed by atoms with Gasteiger partial charge in [-0.1, -0.05) is 38.5 Å². The summed E-state index contributed by atoms with van der Waals surface area (Å²) in [7, 11) is 1.31. The molecular formula is C15H18N2O3. The first-order chi connectivity index (χ1) is 9.58. The van der Waals surface area contributed by atoms with Gasteiger partial charge in [-0.3, -0.25) is 9.79 Å². The predicted molar refractivity (Wildman–Crippen MR) is 76.9 cm³/mol. The summed E-state index contributed by atoms with van der Waals surface area (Å²) in [4.78, 5) is 28.6. The first-order valence-electron chi connectivity index (χ1n) is 6.64. The lowest BCUT2D eigenvalue weighted by atomic mass is 9.99. The van der Waals surface area contributed by atoms with Crippen molar-refractivity contribution in [1.29, 1.82) is 0 Å². The van der Waals surface area contributed by atoms with Gasteiger partial charge in [-0.2, -0.15) is 0 Å². The number of carbonyl (C=O) groups is 2. The van der Waals surface area contributed by atoms with Crippen molar-refractivity contribution in [3.05, 3.63) is 29.8 Å². The van der Waals surface area contributed by atoms with Gasteiger partial charge in [0.15, 0.2) is 5.71 Å². The Kier molecular flexibility index (Phi) is 4.17. The zero-order valence-corrected chi connectivity index (χ0v) is 11.8. The quantitative estimate of drug-likeness (QED) is 0.857. The third-order valence-electron chi connectivity index (χ3n) is 3.54. The number of aliphatic imine (C=N–C) groups is 1. The molecule has 5 heteroatoms. The fourth-order valence-electron chi connectivity index (χ4n) is 2.14. The number of hydrogen-bond donors (Lipinski definition) is 1. The molecular weight excluding hydrogens is 256 g/mol. The molecule has 1 N–H and O–H groups in total. The summed E-state index contributed by atoms with van der Waals surface area (Å²) in [5.74, 6) is -0.670. The molecule has 0 spiro atoms. The van der Waals surface area contributed by atoms with Crippen molar-refractivity contribution in [1.82, 2.24) is 0 Å². The van der Waals surface area contributed by atoms with Crippen molar-refractivity contribution < 1.29 is 14.3 Å². The van der Waals surface area contributed by atoms with Crippen LogP contribution in [0, 0.1) is 5.92 Å². The number of benzodiazepines with no additional fused rings is 1. The second-order valence-corrected chi connectivity index (χ2v) is 4.83. The molecule has 1 aliphatic heterocycles. The molecule has 1 aromatic carbocycles. The minimum atomic E-state index is -0.582. The number of amides is 1. The Labute approximate surface area is 118 Å². The van der Waals surface area contributed by atoms with E-state index >= 15 is 0 Å². The molecule has 1 heterocycles. The van der Waals surface area contributed by atoms with Crippen LogP contribution in [0.4, 0.5) is 5.69 Å². The van der Waals surface area contributed by atoms with Gasteiger partial charge in [0.1, 0.15) is 6.04 Å². The third kappa shape index (κ3) is 2.57. The van der Waals surface area contributed by atoms with E-state index in [1.165, 1.54) is 7.11 Å². The summed E-state index contributed by atoms with van der Waals surface area (Å²) in [6, 6.07) is 6.53. The minimum Gasteiger partial charge on any atom is -0.464 e. The Morgan fingerprint density at radius 3 is 2.80 bits per heavy atom. The van der Waals surface area contributed by atoms with Crippen LogP contribution >= 0.6 is 0 Å². The van der Waals surface area contributed by atoms with Gasteiger partial charge in [-0.05, 0) is 12.0 Å². The Hall–Kier alpha value is -2.17. The summed E-state index contributed by atoms with van der Waals surface area (Å²) in [5.41, 5.74) is 1.39. The predicted octanol–water partition coefficient (Wildman–Crippen LogP) is 2.02. The second-order valence-electron chi connectivity index (χ2n) is 4.83. The molecule has 106 valence electrons. The topological polar surface area (TPSA) is 67.8 Å². The molecule has 0 saturated heterocycles. The van der Waals surface area contributed by atoms with Crippen LogP contribution < -0.4 is 5.32 Å². The summed E-state index contributed by atoms with van der Waals surface area (Å²) in [5, 5.41) is 2.84. The number of rotatable bonds is 3. The van der Waals surface area contributed by atoms with Crippen molar-refractivity contribution in [2.24, 2.45) is 10.9 Å². The molecule has 1 aromatic rings. The van der Waals surface area contributed by atoms with Gasteiger partial charge < -0.3 is 10.1 Å². The highest BCUT2D eigenvalue weighted by Crippen LogP contribution is 2.24. The zero-order valence-electron chi connectivity index (χ0n) is 11.8. The highest BCUT2D eigenvalue weighted by atomic mass is 16.5. The van der Waals surface area contributed by atoms with E-state index < -0.39 is 12.0 Å². The number of ether oxygens (including phenoxy) is 1. The molecule has 0 fully saturated rings. The maximum Gasteiger partial charge on any atom is 0.356 e. The molecule has 2 rings (SSSR count).